The van der Waals surface area contributed by atoms with Crippen molar-refractivity contribution in [2.24, 2.45) is 0 Å². The van der Waals surface area contributed by atoms with Gasteiger partial charge in [0.2, 0.25) is 0 Å². The molecule has 0 aliphatic carbocycles. The van der Waals surface area contributed by atoms with Gasteiger partial charge in [-0.1, -0.05) is 22.0 Å². The van der Waals surface area contributed by atoms with Crippen molar-refractivity contribution < 1.29 is 9.47 Å². The molecule has 0 spiro atoms. The lowest BCUT2D eigenvalue weighted by Crippen LogP contribution is -2.03. The average molecular weight is 341 g/mol. The van der Waals surface area contributed by atoms with Crippen LogP contribution >= 0.6 is 27.3 Å². The first-order chi connectivity index (χ1) is 9.33. The highest BCUT2D eigenvalue weighted by Crippen LogP contribution is 2.29. The summed E-state index contributed by atoms with van der Waals surface area (Å²) >= 11 is 5.17. The van der Waals surface area contributed by atoms with Crippen molar-refractivity contribution in [3.8, 4) is 11.5 Å². The van der Waals surface area contributed by atoms with Crippen LogP contribution in [-0.2, 0) is 11.8 Å². The number of alkyl halides is 1. The Balaban J connectivity index is 1.98. The van der Waals surface area contributed by atoms with Crippen LogP contribution in [0.5, 0.6) is 11.5 Å². The number of benzene rings is 1. The van der Waals surface area contributed by atoms with E-state index in [0.29, 0.717) is 13.2 Å². The first kappa shape index (κ1) is 14.4. The van der Waals surface area contributed by atoms with E-state index in [4.69, 9.17) is 9.47 Å². The second-order valence-corrected chi connectivity index (χ2v) is 5.42. The van der Waals surface area contributed by atoms with Gasteiger partial charge < -0.3 is 9.47 Å². The lowest BCUT2D eigenvalue weighted by atomic mass is 10.2. The smallest absolute Gasteiger partial charge is 0.161 e. The molecule has 0 unspecified atom stereocenters. The second kappa shape index (κ2) is 7.56. The lowest BCUT2D eigenvalue weighted by Gasteiger charge is -2.12. The van der Waals surface area contributed by atoms with E-state index in [1.54, 1.807) is 11.3 Å². The molecule has 1 heterocycles. The molecule has 2 rings (SSSR count). The van der Waals surface area contributed by atoms with E-state index in [1.807, 2.05) is 19.1 Å². The van der Waals surface area contributed by atoms with Crippen LogP contribution in [0.2, 0.25) is 0 Å². The van der Waals surface area contributed by atoms with Crippen LogP contribution in [-0.4, -0.2) is 13.2 Å². The molecular weight excluding hydrogens is 324 g/mol. The Kier molecular flexibility index (Phi) is 5.73. The number of halogens is 1. The zero-order valence-electron chi connectivity index (χ0n) is 10.9. The summed E-state index contributed by atoms with van der Waals surface area (Å²) in [5.41, 5.74) is 2.51. The highest BCUT2D eigenvalue weighted by molar-refractivity contribution is 9.08. The molecule has 102 valence electrons. The van der Waals surface area contributed by atoms with E-state index in [2.05, 4.69) is 38.8 Å². The molecule has 2 aromatic rings. The average Bonchev–Trinajstić information content (AvgIpc) is 2.94. The predicted octanol–water partition coefficient (Wildman–Crippen LogP) is 4.66. The Bertz CT molecular complexity index is 497. The third-order valence-corrected chi connectivity index (χ3v) is 4.07. The Hall–Kier alpha value is -1.00. The minimum atomic E-state index is 0.645. The summed E-state index contributed by atoms with van der Waals surface area (Å²) in [4.78, 5) is 0. The van der Waals surface area contributed by atoms with Crippen LogP contribution < -0.4 is 9.47 Å². The molecule has 4 heteroatoms. The van der Waals surface area contributed by atoms with E-state index in [-0.39, 0.29) is 0 Å². The summed E-state index contributed by atoms with van der Waals surface area (Å²) in [5.74, 6) is 1.64. The van der Waals surface area contributed by atoms with Crippen LogP contribution in [0.4, 0.5) is 0 Å². The van der Waals surface area contributed by atoms with Gasteiger partial charge >= 0.3 is 0 Å². The van der Waals surface area contributed by atoms with Crippen LogP contribution in [0, 0.1) is 0 Å². The summed E-state index contributed by atoms with van der Waals surface area (Å²) < 4.78 is 11.5. The molecule has 2 nitrogen and oxygen atoms in total. The van der Waals surface area contributed by atoms with Gasteiger partial charge in [-0.05, 0) is 47.0 Å². The molecule has 0 saturated carbocycles. The predicted molar refractivity (Wildman–Crippen MR) is 83.8 cm³/mol. The summed E-state index contributed by atoms with van der Waals surface area (Å²) in [6.45, 7) is 3.30. The van der Waals surface area contributed by atoms with Crippen molar-refractivity contribution in [2.45, 2.75) is 18.7 Å². The van der Waals surface area contributed by atoms with Gasteiger partial charge in [0.15, 0.2) is 11.5 Å². The number of thiophene rings is 1. The molecule has 0 amide bonds. The second-order valence-electron chi connectivity index (χ2n) is 4.08. The fourth-order valence-electron chi connectivity index (χ4n) is 1.74. The topological polar surface area (TPSA) is 18.5 Å². The van der Waals surface area contributed by atoms with Crippen molar-refractivity contribution >= 4 is 27.3 Å². The van der Waals surface area contributed by atoms with Gasteiger partial charge in [-0.2, -0.15) is 11.3 Å². The fraction of sp³-hybridized carbons (Fsp3) is 0.333. The number of rotatable bonds is 7. The van der Waals surface area contributed by atoms with Crippen molar-refractivity contribution in [1.29, 1.82) is 0 Å². The summed E-state index contributed by atoms with van der Waals surface area (Å²) in [7, 11) is 0. The van der Waals surface area contributed by atoms with E-state index >= 15 is 0 Å². The zero-order chi connectivity index (χ0) is 13.5. The quantitative estimate of drug-likeness (QED) is 0.682. The van der Waals surface area contributed by atoms with E-state index in [0.717, 1.165) is 23.2 Å². The molecule has 0 radical (unpaired) electrons. The third-order valence-electron chi connectivity index (χ3n) is 2.69. The Morgan fingerprint density at radius 2 is 2.00 bits per heavy atom. The van der Waals surface area contributed by atoms with Gasteiger partial charge in [-0.25, -0.2) is 0 Å². The molecule has 0 aliphatic rings. The molecule has 19 heavy (non-hydrogen) atoms. The molecule has 0 saturated heterocycles. The Morgan fingerprint density at radius 1 is 1.11 bits per heavy atom. The first-order valence-electron chi connectivity index (χ1n) is 6.29. The van der Waals surface area contributed by atoms with Crippen LogP contribution in [0.3, 0.4) is 0 Å². The van der Waals surface area contributed by atoms with Crippen molar-refractivity contribution in [1.82, 2.24) is 0 Å². The van der Waals surface area contributed by atoms with Gasteiger partial charge in [-0.15, -0.1) is 0 Å². The van der Waals surface area contributed by atoms with Crippen molar-refractivity contribution in [2.75, 3.05) is 13.2 Å². The molecule has 1 aromatic carbocycles. The van der Waals surface area contributed by atoms with Gasteiger partial charge in [0.1, 0.15) is 0 Å². The maximum atomic E-state index is 5.83. The molecule has 0 atom stereocenters. The van der Waals surface area contributed by atoms with Gasteiger partial charge in [0, 0.05) is 11.8 Å². The summed E-state index contributed by atoms with van der Waals surface area (Å²) in [5, 5.41) is 5.06. The highest BCUT2D eigenvalue weighted by atomic mass is 79.9. The van der Waals surface area contributed by atoms with Crippen molar-refractivity contribution in [3.63, 3.8) is 0 Å². The van der Waals surface area contributed by atoms with Crippen LogP contribution in [0.1, 0.15) is 18.1 Å². The van der Waals surface area contributed by atoms with Gasteiger partial charge in [-0.3, -0.25) is 0 Å². The number of hydrogen-bond acceptors (Lipinski definition) is 3. The molecule has 0 fully saturated rings. The molecule has 0 bridgehead atoms. The minimum absolute atomic E-state index is 0.645. The van der Waals surface area contributed by atoms with Crippen molar-refractivity contribution in [3.05, 3.63) is 46.2 Å². The lowest BCUT2D eigenvalue weighted by molar-refractivity contribution is 0.279. The molecule has 1 aromatic heterocycles. The maximum Gasteiger partial charge on any atom is 0.161 e. The maximum absolute atomic E-state index is 5.83. The number of ether oxygens (including phenoxy) is 2. The SMILES string of the molecule is CCOc1cc(CBr)ccc1OCCc1ccsc1. The van der Waals surface area contributed by atoms with E-state index < -0.39 is 0 Å². The van der Waals surface area contributed by atoms with Crippen LogP contribution in [0.15, 0.2) is 35.0 Å². The summed E-state index contributed by atoms with van der Waals surface area (Å²) in [6, 6.07) is 8.19. The van der Waals surface area contributed by atoms with E-state index in [1.165, 1.54) is 11.1 Å². The summed E-state index contributed by atoms with van der Waals surface area (Å²) in [6.07, 6.45) is 0.926. The Morgan fingerprint density at radius 3 is 2.68 bits per heavy atom. The van der Waals surface area contributed by atoms with Gasteiger partial charge in [0.05, 0.1) is 13.2 Å². The Labute approximate surface area is 126 Å². The first-order valence-corrected chi connectivity index (χ1v) is 8.35. The van der Waals surface area contributed by atoms with Crippen LogP contribution in [0.25, 0.3) is 0 Å². The highest BCUT2D eigenvalue weighted by Gasteiger charge is 2.06. The monoisotopic (exact) mass is 340 g/mol. The largest absolute Gasteiger partial charge is 0.490 e. The standard InChI is InChI=1S/C15H17BrO2S/c1-2-17-15-9-13(10-16)3-4-14(15)18-7-5-12-6-8-19-11-12/h3-4,6,8-9,11H,2,5,7,10H2,1H3. The molecule has 0 aliphatic heterocycles. The normalized spacial score (nSPS) is 10.4. The fourth-order valence-corrected chi connectivity index (χ4v) is 2.79. The molecule has 0 N–H and O–H groups in total. The van der Waals surface area contributed by atoms with Gasteiger partial charge in [0.25, 0.3) is 0 Å². The number of hydrogen-bond donors (Lipinski definition) is 0. The third kappa shape index (κ3) is 4.25. The molecular formula is C15H17BrO2S. The van der Waals surface area contributed by atoms with E-state index in [9.17, 15) is 0 Å². The zero-order valence-corrected chi connectivity index (χ0v) is 13.3. The minimum Gasteiger partial charge on any atom is -0.490 e.